The molecule has 2 N–H and O–H groups in total. The Balaban J connectivity index is 2.06. The van der Waals surface area contributed by atoms with E-state index < -0.39 is 35.0 Å². The molecule has 0 spiro atoms. The van der Waals surface area contributed by atoms with Crippen LogP contribution in [0, 0.1) is 17.5 Å². The molecule has 1 atom stereocenters. The molecular weight excluding hydrogens is 291 g/mol. The van der Waals surface area contributed by atoms with Crippen molar-refractivity contribution in [3.05, 3.63) is 57.5 Å². The van der Waals surface area contributed by atoms with E-state index in [9.17, 15) is 23.1 Å². The highest BCUT2D eigenvalue weighted by atomic mass is 32.1. The Bertz CT molecular complexity index is 593. The smallest absolute Gasteiger partial charge is 0.257 e. The molecule has 1 unspecified atom stereocenters. The van der Waals surface area contributed by atoms with E-state index in [1.807, 2.05) is 0 Å². The van der Waals surface area contributed by atoms with Crippen molar-refractivity contribution in [2.24, 2.45) is 0 Å². The van der Waals surface area contributed by atoms with Gasteiger partial charge in [0.1, 0.15) is 23.0 Å². The first-order chi connectivity index (χ1) is 9.49. The van der Waals surface area contributed by atoms with E-state index in [1.54, 1.807) is 16.8 Å². The lowest BCUT2D eigenvalue weighted by molar-refractivity contribution is 0.0908. The quantitative estimate of drug-likeness (QED) is 0.912. The number of aliphatic hydroxyl groups excluding tert-OH is 1. The van der Waals surface area contributed by atoms with Crippen LogP contribution < -0.4 is 5.32 Å². The second-order valence-corrected chi connectivity index (χ2v) is 4.81. The van der Waals surface area contributed by atoms with Gasteiger partial charge in [0, 0.05) is 18.7 Å². The summed E-state index contributed by atoms with van der Waals surface area (Å²) < 4.78 is 39.4. The molecule has 2 rings (SSSR count). The van der Waals surface area contributed by atoms with Crippen LogP contribution in [0.1, 0.15) is 22.0 Å². The minimum atomic E-state index is -1.29. The first kappa shape index (κ1) is 14.5. The molecule has 0 aliphatic carbocycles. The fourth-order valence-corrected chi connectivity index (χ4v) is 2.33. The van der Waals surface area contributed by atoms with Crippen LogP contribution in [0.2, 0.25) is 0 Å². The van der Waals surface area contributed by atoms with Crippen molar-refractivity contribution in [2.45, 2.75) is 6.10 Å². The standard InChI is InChI=1S/C13H10F3NO2S/c14-8-3-9(15)12(10(16)4-8)13(19)17-5-11(18)7-1-2-20-6-7/h1-4,6,11,18H,5H2,(H,17,19). The largest absolute Gasteiger partial charge is 0.387 e. The Morgan fingerprint density at radius 1 is 1.30 bits per heavy atom. The minimum absolute atomic E-state index is 0.203. The number of nitrogens with one attached hydrogen (secondary N) is 1. The summed E-state index contributed by atoms with van der Waals surface area (Å²) in [4.78, 5) is 11.6. The van der Waals surface area contributed by atoms with Crippen molar-refractivity contribution in [3.8, 4) is 0 Å². The van der Waals surface area contributed by atoms with Crippen LogP contribution in [0.25, 0.3) is 0 Å². The number of rotatable bonds is 4. The van der Waals surface area contributed by atoms with Gasteiger partial charge in [-0.05, 0) is 22.4 Å². The number of halogens is 3. The zero-order valence-corrected chi connectivity index (χ0v) is 10.9. The molecule has 1 aromatic heterocycles. The molecule has 7 heteroatoms. The molecule has 0 aliphatic rings. The Morgan fingerprint density at radius 2 is 1.95 bits per heavy atom. The number of thiophene rings is 1. The van der Waals surface area contributed by atoms with Crippen molar-refractivity contribution in [1.82, 2.24) is 5.32 Å². The molecule has 1 aromatic carbocycles. The van der Waals surface area contributed by atoms with Crippen molar-refractivity contribution < 1.29 is 23.1 Å². The maximum atomic E-state index is 13.4. The van der Waals surface area contributed by atoms with Crippen LogP contribution in [0.15, 0.2) is 29.0 Å². The van der Waals surface area contributed by atoms with Crippen LogP contribution in [0.5, 0.6) is 0 Å². The first-order valence-electron chi connectivity index (χ1n) is 5.62. The molecule has 3 nitrogen and oxygen atoms in total. The van der Waals surface area contributed by atoms with Crippen LogP contribution in [0.3, 0.4) is 0 Å². The molecule has 0 fully saturated rings. The van der Waals surface area contributed by atoms with Gasteiger partial charge in [0.2, 0.25) is 0 Å². The molecule has 1 heterocycles. The van der Waals surface area contributed by atoms with Crippen LogP contribution in [0.4, 0.5) is 13.2 Å². The summed E-state index contributed by atoms with van der Waals surface area (Å²) in [6, 6.07) is 2.52. The highest BCUT2D eigenvalue weighted by molar-refractivity contribution is 7.07. The molecular formula is C13H10F3NO2S. The third-order valence-electron chi connectivity index (χ3n) is 2.62. The molecule has 20 heavy (non-hydrogen) atoms. The zero-order valence-electron chi connectivity index (χ0n) is 10.1. The summed E-state index contributed by atoms with van der Waals surface area (Å²) in [6.07, 6.45) is -0.975. The summed E-state index contributed by atoms with van der Waals surface area (Å²) >= 11 is 1.37. The average Bonchev–Trinajstić information content (AvgIpc) is 2.88. The van der Waals surface area contributed by atoms with Crippen LogP contribution >= 0.6 is 11.3 Å². The van der Waals surface area contributed by atoms with Gasteiger partial charge < -0.3 is 10.4 Å². The van der Waals surface area contributed by atoms with Gasteiger partial charge in [-0.1, -0.05) is 0 Å². The third-order valence-corrected chi connectivity index (χ3v) is 3.32. The van der Waals surface area contributed by atoms with E-state index in [0.29, 0.717) is 17.7 Å². The van der Waals surface area contributed by atoms with Gasteiger partial charge in [-0.15, -0.1) is 0 Å². The van der Waals surface area contributed by atoms with E-state index in [4.69, 9.17) is 0 Å². The summed E-state index contributed by atoms with van der Waals surface area (Å²) in [7, 11) is 0. The zero-order chi connectivity index (χ0) is 14.7. The van der Waals surface area contributed by atoms with Gasteiger partial charge >= 0.3 is 0 Å². The van der Waals surface area contributed by atoms with E-state index in [0.717, 1.165) is 0 Å². The molecule has 0 aliphatic heterocycles. The van der Waals surface area contributed by atoms with Crippen molar-refractivity contribution in [3.63, 3.8) is 0 Å². The van der Waals surface area contributed by atoms with Crippen LogP contribution in [-0.2, 0) is 0 Å². The van der Waals surface area contributed by atoms with Gasteiger partial charge in [-0.3, -0.25) is 4.79 Å². The molecule has 2 aromatic rings. The Hall–Kier alpha value is -1.86. The predicted octanol–water partition coefficient (Wildman–Crippen LogP) is 2.63. The third kappa shape index (κ3) is 3.17. The Morgan fingerprint density at radius 3 is 2.50 bits per heavy atom. The maximum absolute atomic E-state index is 13.4. The van der Waals surface area contributed by atoms with Crippen molar-refractivity contribution >= 4 is 17.2 Å². The number of benzene rings is 1. The van der Waals surface area contributed by atoms with Gasteiger partial charge in [-0.2, -0.15) is 11.3 Å². The van der Waals surface area contributed by atoms with E-state index >= 15 is 0 Å². The summed E-state index contributed by atoms with van der Waals surface area (Å²) in [6.45, 7) is -0.203. The number of amides is 1. The lowest BCUT2D eigenvalue weighted by Crippen LogP contribution is -2.29. The van der Waals surface area contributed by atoms with Crippen molar-refractivity contribution in [2.75, 3.05) is 6.54 Å². The van der Waals surface area contributed by atoms with Gasteiger partial charge in [0.15, 0.2) is 0 Å². The normalized spacial score (nSPS) is 12.2. The number of aliphatic hydroxyl groups is 1. The Kier molecular flexibility index (Phi) is 4.41. The first-order valence-corrected chi connectivity index (χ1v) is 6.56. The number of carbonyl (C=O) groups excluding carboxylic acids is 1. The highest BCUT2D eigenvalue weighted by Crippen LogP contribution is 2.17. The second kappa shape index (κ2) is 6.06. The lowest BCUT2D eigenvalue weighted by atomic mass is 10.1. The molecule has 0 saturated heterocycles. The summed E-state index contributed by atoms with van der Waals surface area (Å²) in [5.41, 5.74) is -0.278. The van der Waals surface area contributed by atoms with E-state index in [1.165, 1.54) is 11.3 Å². The molecule has 106 valence electrons. The number of carbonyl (C=O) groups is 1. The Labute approximate surface area is 116 Å². The summed E-state index contributed by atoms with van der Waals surface area (Å²) in [5.74, 6) is -4.72. The number of hydrogen-bond donors (Lipinski definition) is 2. The van der Waals surface area contributed by atoms with Crippen LogP contribution in [-0.4, -0.2) is 17.6 Å². The van der Waals surface area contributed by atoms with E-state index in [2.05, 4.69) is 5.32 Å². The molecule has 0 saturated carbocycles. The SMILES string of the molecule is O=C(NCC(O)c1ccsc1)c1c(F)cc(F)cc1F. The van der Waals surface area contributed by atoms with Gasteiger partial charge in [0.05, 0.1) is 6.10 Å². The molecule has 0 radical (unpaired) electrons. The molecule has 1 amide bonds. The van der Waals surface area contributed by atoms with E-state index in [-0.39, 0.29) is 6.54 Å². The highest BCUT2D eigenvalue weighted by Gasteiger charge is 2.19. The minimum Gasteiger partial charge on any atom is -0.387 e. The fraction of sp³-hybridized carbons (Fsp3) is 0.154. The molecule has 0 bridgehead atoms. The number of hydrogen-bond acceptors (Lipinski definition) is 3. The fourth-order valence-electron chi connectivity index (χ4n) is 1.62. The predicted molar refractivity (Wildman–Crippen MR) is 67.9 cm³/mol. The second-order valence-electron chi connectivity index (χ2n) is 4.03. The average molecular weight is 301 g/mol. The lowest BCUT2D eigenvalue weighted by Gasteiger charge is -2.11. The monoisotopic (exact) mass is 301 g/mol. The topological polar surface area (TPSA) is 49.3 Å². The van der Waals surface area contributed by atoms with Gasteiger partial charge in [0.25, 0.3) is 5.91 Å². The van der Waals surface area contributed by atoms with Gasteiger partial charge in [-0.25, -0.2) is 13.2 Å². The maximum Gasteiger partial charge on any atom is 0.257 e. The van der Waals surface area contributed by atoms with Crippen molar-refractivity contribution in [1.29, 1.82) is 0 Å². The summed E-state index contributed by atoms with van der Waals surface area (Å²) in [5, 5.41) is 15.4.